The largest absolute Gasteiger partial charge is 0.705 e. The van der Waals surface area contributed by atoms with Gasteiger partial charge in [0.05, 0.1) is 23.9 Å². The van der Waals surface area contributed by atoms with Crippen LogP contribution in [0.2, 0.25) is 0 Å². The third-order valence-corrected chi connectivity index (χ3v) is 6.34. The molecule has 1 N–H and O–H groups in total. The van der Waals surface area contributed by atoms with Crippen molar-refractivity contribution in [2.75, 3.05) is 25.6 Å². The molecular weight excluding hydrogens is 737 g/mol. The predicted octanol–water partition coefficient (Wildman–Crippen LogP) is 8.67. The molecule has 0 aliphatic rings. The zero-order valence-electron chi connectivity index (χ0n) is 26.5. The molecule has 2 aromatic carbocycles. The van der Waals surface area contributed by atoms with Crippen molar-refractivity contribution in [3.05, 3.63) is 139 Å². The molecule has 0 aliphatic carbocycles. The molecule has 0 aliphatic heterocycles. The molecular formula is C37H40N5O2Os-3. The first kappa shape index (κ1) is 38.4. The fourth-order valence-corrected chi connectivity index (χ4v) is 4.23. The molecule has 1 atom stereocenters. The average Bonchev–Trinajstić information content (AvgIpc) is 3.06. The Balaban J connectivity index is 0.000000450. The van der Waals surface area contributed by atoms with Crippen molar-refractivity contribution in [1.29, 1.82) is 5.26 Å². The van der Waals surface area contributed by atoms with Crippen molar-refractivity contribution >= 4 is 11.7 Å². The second-order valence-electron chi connectivity index (χ2n) is 9.60. The standard InChI is InChI=1S/C22H24N2O2.C13H13N2.C2H3N.Os/c1-4-18-19(16(3)10-6-8-12-23)14-17(22(25)26-5-2)15-20(18)21-11-7-9-13-24-21;1-15(2)12-8-6-11(7-9-12)13-5-3-4-10-14-13;1-2-3;/h6-16,23H,1,4-5H2,2-3H3;3-6,8-10H,1-2H3;1H3;/q-2;-1;;/b10-6-,12-8-;;;. The Kier molecular flexibility index (Phi) is 18.1. The van der Waals surface area contributed by atoms with E-state index in [1.807, 2.05) is 86.9 Å². The number of ether oxygens (including phenoxy) is 1. The number of hydrogen-bond acceptors (Lipinski definition) is 6. The SMILES string of the molecule is CC#N.CN(C)c1c[c-]c(-c2ccccn2)cc1.[CH2-]Cc1c(-c2ccccn2)cc(C(=O)OCC)cc1C(C)/C=C\C=C/[NH-].[Os]. The van der Waals surface area contributed by atoms with Gasteiger partial charge in [-0.1, -0.05) is 48.9 Å². The zero-order valence-corrected chi connectivity index (χ0v) is 29.0. The van der Waals surface area contributed by atoms with Crippen molar-refractivity contribution in [2.24, 2.45) is 0 Å². The van der Waals surface area contributed by atoms with Gasteiger partial charge in [0, 0.05) is 44.7 Å². The molecule has 0 spiro atoms. The molecule has 45 heavy (non-hydrogen) atoms. The van der Waals surface area contributed by atoms with Crippen LogP contribution in [0.5, 0.6) is 0 Å². The summed E-state index contributed by atoms with van der Waals surface area (Å²) in [4.78, 5) is 23.1. The number of nitrogens with one attached hydrogen (secondary N) is 1. The number of anilines is 1. The molecule has 0 saturated heterocycles. The van der Waals surface area contributed by atoms with Crippen LogP contribution in [0, 0.1) is 24.3 Å². The van der Waals surface area contributed by atoms with E-state index in [0.29, 0.717) is 18.6 Å². The third kappa shape index (κ3) is 12.1. The van der Waals surface area contributed by atoms with E-state index in [9.17, 15) is 4.79 Å². The number of aromatic nitrogens is 2. The van der Waals surface area contributed by atoms with Gasteiger partial charge in [-0.25, -0.2) is 4.79 Å². The zero-order chi connectivity index (χ0) is 32.3. The van der Waals surface area contributed by atoms with Gasteiger partial charge >= 0.3 is 5.97 Å². The maximum absolute atomic E-state index is 12.4. The Morgan fingerprint density at radius 2 is 1.73 bits per heavy atom. The van der Waals surface area contributed by atoms with Gasteiger partial charge in [0.15, 0.2) is 0 Å². The minimum atomic E-state index is -0.344. The summed E-state index contributed by atoms with van der Waals surface area (Å²) in [6.45, 7) is 9.69. The van der Waals surface area contributed by atoms with Crippen molar-refractivity contribution in [3.63, 3.8) is 0 Å². The van der Waals surface area contributed by atoms with Crippen molar-refractivity contribution in [3.8, 4) is 28.6 Å². The number of carbonyl (C=O) groups excluding carboxylic acids is 1. The number of rotatable bonds is 9. The molecule has 2 heterocycles. The van der Waals surface area contributed by atoms with E-state index in [1.54, 1.807) is 31.5 Å². The molecule has 236 valence electrons. The number of allylic oxidation sites excluding steroid dienone is 3. The van der Waals surface area contributed by atoms with Crippen LogP contribution in [0.3, 0.4) is 0 Å². The summed E-state index contributed by atoms with van der Waals surface area (Å²) in [6, 6.07) is 26.4. The predicted molar refractivity (Wildman–Crippen MR) is 180 cm³/mol. The first-order valence-corrected chi connectivity index (χ1v) is 14.3. The van der Waals surface area contributed by atoms with E-state index in [1.165, 1.54) is 13.1 Å². The molecule has 4 rings (SSSR count). The molecule has 4 aromatic rings. The minimum Gasteiger partial charge on any atom is -0.705 e. The van der Waals surface area contributed by atoms with Gasteiger partial charge in [-0.05, 0) is 74.2 Å². The summed E-state index contributed by atoms with van der Waals surface area (Å²) >= 11 is 0. The summed E-state index contributed by atoms with van der Waals surface area (Å²) in [5, 5.41) is 7.32. The second-order valence-corrected chi connectivity index (χ2v) is 9.60. The minimum absolute atomic E-state index is 0. The Bertz CT molecular complexity index is 1530. The second kappa shape index (κ2) is 21.2. The maximum Gasteiger partial charge on any atom is 0.338 e. The molecule has 1 unspecified atom stereocenters. The van der Waals surface area contributed by atoms with Crippen LogP contribution in [0.1, 0.15) is 48.2 Å². The monoisotopic (exact) mass is 778 g/mol. The fraction of sp³-hybridized carbons (Fsp3) is 0.216. The summed E-state index contributed by atoms with van der Waals surface area (Å²) < 4.78 is 5.20. The van der Waals surface area contributed by atoms with E-state index in [0.717, 1.165) is 39.3 Å². The van der Waals surface area contributed by atoms with Gasteiger partial charge < -0.3 is 27.3 Å². The summed E-state index contributed by atoms with van der Waals surface area (Å²) in [5.41, 5.74) is 14.5. The molecule has 0 saturated carbocycles. The van der Waals surface area contributed by atoms with Gasteiger partial charge in [-0.15, -0.1) is 29.8 Å². The van der Waals surface area contributed by atoms with Crippen LogP contribution in [0.4, 0.5) is 5.69 Å². The average molecular weight is 777 g/mol. The Morgan fingerprint density at radius 1 is 1.09 bits per heavy atom. The molecule has 0 bridgehead atoms. The number of nitrogens with zero attached hydrogens (tertiary/aromatic N) is 4. The van der Waals surface area contributed by atoms with Gasteiger partial charge in [0.2, 0.25) is 0 Å². The van der Waals surface area contributed by atoms with Gasteiger partial charge in [0.25, 0.3) is 0 Å². The van der Waals surface area contributed by atoms with E-state index >= 15 is 0 Å². The van der Waals surface area contributed by atoms with Crippen LogP contribution in [-0.4, -0.2) is 36.6 Å². The fourth-order valence-electron chi connectivity index (χ4n) is 4.23. The van der Waals surface area contributed by atoms with E-state index in [4.69, 9.17) is 15.7 Å². The van der Waals surface area contributed by atoms with E-state index in [2.05, 4.69) is 40.8 Å². The number of benzene rings is 2. The Hall–Kier alpha value is -4.58. The number of carbonyl (C=O) groups is 1. The van der Waals surface area contributed by atoms with E-state index in [-0.39, 0.29) is 31.7 Å². The van der Waals surface area contributed by atoms with Crippen molar-refractivity contribution in [1.82, 2.24) is 9.97 Å². The third-order valence-electron chi connectivity index (χ3n) is 6.34. The number of hydrogen-bond donors (Lipinski definition) is 0. The first-order chi connectivity index (χ1) is 21.3. The summed E-state index contributed by atoms with van der Waals surface area (Å²) in [6.07, 6.45) is 10.8. The van der Waals surface area contributed by atoms with Gasteiger partial charge in [0.1, 0.15) is 0 Å². The molecule has 0 radical (unpaired) electrons. The van der Waals surface area contributed by atoms with Crippen LogP contribution >= 0.6 is 0 Å². The van der Waals surface area contributed by atoms with Crippen LogP contribution in [0.15, 0.2) is 104 Å². The number of nitriles is 1. The topological polar surface area (TPSA) is 103 Å². The van der Waals surface area contributed by atoms with Crippen LogP contribution < -0.4 is 4.90 Å². The van der Waals surface area contributed by atoms with Crippen LogP contribution in [-0.2, 0) is 30.9 Å². The molecule has 0 fully saturated rings. The number of pyridine rings is 2. The quantitative estimate of drug-likeness (QED) is 0.0958. The Labute approximate surface area is 281 Å². The molecule has 0 amide bonds. The van der Waals surface area contributed by atoms with E-state index < -0.39 is 0 Å². The number of esters is 1. The normalized spacial score (nSPS) is 10.8. The first-order valence-electron chi connectivity index (χ1n) is 14.3. The molecule has 7 nitrogen and oxygen atoms in total. The smallest absolute Gasteiger partial charge is 0.338 e. The maximum atomic E-state index is 12.4. The Morgan fingerprint density at radius 3 is 2.22 bits per heavy atom. The molecule has 2 aromatic heterocycles. The van der Waals surface area contributed by atoms with Crippen LogP contribution in [0.25, 0.3) is 28.2 Å². The van der Waals surface area contributed by atoms with Crippen molar-refractivity contribution in [2.45, 2.75) is 33.1 Å². The van der Waals surface area contributed by atoms with Gasteiger partial charge in [-0.2, -0.15) is 17.9 Å². The summed E-state index contributed by atoms with van der Waals surface area (Å²) in [7, 11) is 4.03. The summed E-state index contributed by atoms with van der Waals surface area (Å²) in [5.74, 6) is -0.288. The van der Waals surface area contributed by atoms with Crippen molar-refractivity contribution < 1.29 is 29.3 Å². The van der Waals surface area contributed by atoms with Gasteiger partial charge in [-0.3, -0.25) is 4.98 Å². The molecule has 8 heteroatoms.